The number of nitro benzene ring substituents is 1. The van der Waals surface area contributed by atoms with Crippen molar-refractivity contribution < 1.29 is 19.2 Å². The average Bonchev–Trinajstić information content (AvgIpc) is 3.05. The van der Waals surface area contributed by atoms with Crippen molar-refractivity contribution >= 4 is 28.9 Å². The number of hydrogen-bond acceptors (Lipinski definition) is 5. The Morgan fingerprint density at radius 3 is 2.79 bits per heavy atom. The molecule has 1 saturated heterocycles. The van der Waals surface area contributed by atoms with E-state index in [2.05, 4.69) is 5.32 Å². The van der Waals surface area contributed by atoms with Gasteiger partial charge in [0, 0.05) is 19.0 Å². The van der Waals surface area contributed by atoms with Gasteiger partial charge < -0.3 is 15.0 Å². The summed E-state index contributed by atoms with van der Waals surface area (Å²) in [5.41, 5.74) is 1.29. The molecule has 28 heavy (non-hydrogen) atoms. The molecular weight excluding hydrogens is 362 g/mol. The maximum atomic E-state index is 12.7. The lowest BCUT2D eigenvalue weighted by Gasteiger charge is -2.20. The summed E-state index contributed by atoms with van der Waals surface area (Å²) in [5, 5.41) is 13.8. The molecule has 3 rings (SSSR count). The van der Waals surface area contributed by atoms with Crippen LogP contribution < -0.4 is 15.0 Å². The molecule has 8 nitrogen and oxygen atoms in total. The number of carbonyl (C=O) groups excluding carboxylic acids is 2. The minimum atomic E-state index is -0.608. The Hall–Kier alpha value is -3.42. The van der Waals surface area contributed by atoms with Gasteiger partial charge in [0.25, 0.3) is 5.69 Å². The highest BCUT2D eigenvalue weighted by Crippen LogP contribution is 2.34. The predicted molar refractivity (Wildman–Crippen MR) is 105 cm³/mol. The summed E-state index contributed by atoms with van der Waals surface area (Å²) in [4.78, 5) is 37.4. The van der Waals surface area contributed by atoms with Crippen molar-refractivity contribution in [1.29, 1.82) is 0 Å². The molecular formula is C20H21N3O5. The molecule has 0 aromatic heterocycles. The first-order chi connectivity index (χ1) is 13.4. The predicted octanol–water partition coefficient (Wildman–Crippen LogP) is 3.29. The molecule has 1 aliphatic heterocycles. The summed E-state index contributed by atoms with van der Waals surface area (Å²) < 4.78 is 5.57. The first-order valence-corrected chi connectivity index (χ1v) is 8.98. The fourth-order valence-corrected chi connectivity index (χ4v) is 3.21. The molecule has 146 valence electrons. The molecule has 1 aliphatic rings. The summed E-state index contributed by atoms with van der Waals surface area (Å²) in [6, 6.07) is 11.8. The summed E-state index contributed by atoms with van der Waals surface area (Å²) in [7, 11) is 0. The van der Waals surface area contributed by atoms with Crippen molar-refractivity contribution in [2.45, 2.75) is 20.3 Å². The van der Waals surface area contributed by atoms with E-state index >= 15 is 0 Å². The highest BCUT2D eigenvalue weighted by Gasteiger charge is 2.36. The normalized spacial score (nSPS) is 16.1. The van der Waals surface area contributed by atoms with Crippen LogP contribution in [-0.2, 0) is 9.59 Å². The van der Waals surface area contributed by atoms with Crippen molar-refractivity contribution in [3.05, 3.63) is 58.1 Å². The molecule has 0 radical (unpaired) electrons. The zero-order valence-electron chi connectivity index (χ0n) is 15.7. The van der Waals surface area contributed by atoms with E-state index in [-0.39, 0.29) is 30.2 Å². The van der Waals surface area contributed by atoms with E-state index in [0.29, 0.717) is 18.0 Å². The zero-order valence-corrected chi connectivity index (χ0v) is 15.7. The molecule has 0 spiro atoms. The van der Waals surface area contributed by atoms with Gasteiger partial charge in [-0.3, -0.25) is 19.7 Å². The molecule has 2 aromatic carbocycles. The SMILES string of the molecule is CCOc1ccccc1N1CC(C(=O)Nc2ccc(C)cc2[N+](=O)[O-])CC1=O. The zero-order chi connectivity index (χ0) is 20.3. The van der Waals surface area contributed by atoms with Gasteiger partial charge in [-0.05, 0) is 37.6 Å². The second kappa shape index (κ2) is 8.08. The molecule has 2 amide bonds. The van der Waals surface area contributed by atoms with Gasteiger partial charge in [0.05, 0.1) is 23.1 Å². The smallest absolute Gasteiger partial charge is 0.293 e. The Balaban J connectivity index is 1.77. The van der Waals surface area contributed by atoms with E-state index in [1.807, 2.05) is 13.0 Å². The van der Waals surface area contributed by atoms with Crippen LogP contribution in [0.4, 0.5) is 17.1 Å². The number of nitrogens with zero attached hydrogens (tertiary/aromatic N) is 2. The Kier molecular flexibility index (Phi) is 5.58. The lowest BCUT2D eigenvalue weighted by atomic mass is 10.1. The molecule has 8 heteroatoms. The summed E-state index contributed by atoms with van der Waals surface area (Å²) in [6.07, 6.45) is 0.0337. The standard InChI is InChI=1S/C20H21N3O5/c1-3-28-18-7-5-4-6-16(18)22-12-14(11-19(22)24)20(25)21-15-9-8-13(2)10-17(15)23(26)27/h4-10,14H,3,11-12H2,1-2H3,(H,21,25). The van der Waals surface area contributed by atoms with Crippen molar-refractivity contribution in [3.8, 4) is 5.75 Å². The summed E-state index contributed by atoms with van der Waals surface area (Å²) >= 11 is 0. The van der Waals surface area contributed by atoms with Crippen LogP contribution in [0.25, 0.3) is 0 Å². The van der Waals surface area contributed by atoms with Crippen LogP contribution in [0.1, 0.15) is 18.9 Å². The van der Waals surface area contributed by atoms with Crippen molar-refractivity contribution in [2.75, 3.05) is 23.4 Å². The maximum Gasteiger partial charge on any atom is 0.293 e. The number of para-hydroxylation sites is 2. The molecule has 0 bridgehead atoms. The van der Waals surface area contributed by atoms with Gasteiger partial charge >= 0.3 is 0 Å². The fraction of sp³-hybridized carbons (Fsp3) is 0.300. The van der Waals surface area contributed by atoms with Gasteiger partial charge in [0.1, 0.15) is 11.4 Å². The fourth-order valence-electron chi connectivity index (χ4n) is 3.21. The van der Waals surface area contributed by atoms with E-state index < -0.39 is 16.7 Å². The molecule has 1 unspecified atom stereocenters. The van der Waals surface area contributed by atoms with E-state index in [0.717, 1.165) is 5.56 Å². The summed E-state index contributed by atoms with van der Waals surface area (Å²) in [5.74, 6) is -0.640. The number of aryl methyl sites for hydroxylation is 1. The Labute approximate surface area is 162 Å². The molecule has 1 N–H and O–H groups in total. The van der Waals surface area contributed by atoms with Gasteiger partial charge in [-0.1, -0.05) is 18.2 Å². The van der Waals surface area contributed by atoms with Crippen LogP contribution in [0.2, 0.25) is 0 Å². The lowest BCUT2D eigenvalue weighted by molar-refractivity contribution is -0.384. The molecule has 1 heterocycles. The third kappa shape index (κ3) is 3.95. The van der Waals surface area contributed by atoms with E-state index in [4.69, 9.17) is 4.74 Å². The van der Waals surface area contributed by atoms with Crippen LogP contribution in [0.3, 0.4) is 0 Å². The Bertz CT molecular complexity index is 928. The number of anilines is 2. The number of nitrogens with one attached hydrogen (secondary N) is 1. The van der Waals surface area contributed by atoms with Crippen LogP contribution >= 0.6 is 0 Å². The molecule has 1 fully saturated rings. The van der Waals surface area contributed by atoms with Gasteiger partial charge in [0.2, 0.25) is 11.8 Å². The largest absolute Gasteiger partial charge is 0.492 e. The number of benzene rings is 2. The first-order valence-electron chi connectivity index (χ1n) is 8.98. The lowest BCUT2D eigenvalue weighted by Crippen LogP contribution is -2.28. The van der Waals surface area contributed by atoms with E-state index in [1.54, 1.807) is 31.2 Å². The molecule has 0 saturated carbocycles. The third-order valence-electron chi connectivity index (χ3n) is 4.56. The van der Waals surface area contributed by atoms with E-state index in [9.17, 15) is 19.7 Å². The number of amides is 2. The number of nitro groups is 1. The molecule has 2 aromatic rings. The molecule has 0 aliphatic carbocycles. The number of ether oxygens (including phenoxy) is 1. The van der Waals surface area contributed by atoms with Crippen LogP contribution in [0, 0.1) is 23.0 Å². The topological polar surface area (TPSA) is 102 Å². The maximum absolute atomic E-state index is 12.7. The number of rotatable bonds is 6. The van der Waals surface area contributed by atoms with Gasteiger partial charge in [-0.15, -0.1) is 0 Å². The third-order valence-corrected chi connectivity index (χ3v) is 4.56. The second-order valence-electron chi connectivity index (χ2n) is 6.57. The highest BCUT2D eigenvalue weighted by molar-refractivity contribution is 6.04. The Morgan fingerprint density at radius 2 is 2.07 bits per heavy atom. The number of hydrogen-bond donors (Lipinski definition) is 1. The van der Waals surface area contributed by atoms with Crippen LogP contribution in [0.15, 0.2) is 42.5 Å². The average molecular weight is 383 g/mol. The van der Waals surface area contributed by atoms with E-state index in [1.165, 1.54) is 17.0 Å². The summed E-state index contributed by atoms with van der Waals surface area (Å²) in [6.45, 7) is 4.24. The van der Waals surface area contributed by atoms with Crippen molar-refractivity contribution in [1.82, 2.24) is 0 Å². The highest BCUT2D eigenvalue weighted by atomic mass is 16.6. The minimum Gasteiger partial charge on any atom is -0.492 e. The van der Waals surface area contributed by atoms with Crippen molar-refractivity contribution in [2.24, 2.45) is 5.92 Å². The van der Waals surface area contributed by atoms with Crippen LogP contribution in [-0.4, -0.2) is 29.9 Å². The minimum absolute atomic E-state index is 0.0337. The van der Waals surface area contributed by atoms with Gasteiger partial charge in [0.15, 0.2) is 0 Å². The van der Waals surface area contributed by atoms with Crippen LogP contribution in [0.5, 0.6) is 5.75 Å². The first kappa shape index (κ1) is 19.3. The van der Waals surface area contributed by atoms with Gasteiger partial charge in [-0.2, -0.15) is 0 Å². The monoisotopic (exact) mass is 383 g/mol. The second-order valence-corrected chi connectivity index (χ2v) is 6.57. The molecule has 1 atom stereocenters. The number of carbonyl (C=O) groups is 2. The quantitative estimate of drug-likeness (QED) is 0.609. The van der Waals surface area contributed by atoms with Gasteiger partial charge in [-0.25, -0.2) is 0 Å². The Morgan fingerprint density at radius 1 is 1.32 bits per heavy atom. The van der Waals surface area contributed by atoms with Crippen molar-refractivity contribution in [3.63, 3.8) is 0 Å².